The van der Waals surface area contributed by atoms with Crippen LogP contribution in [0.4, 0.5) is 0 Å². The van der Waals surface area contributed by atoms with Crippen LogP contribution in [0.1, 0.15) is 22.6 Å². The average Bonchev–Trinajstić information content (AvgIpc) is 3.46. The molecular weight excluding hydrogens is 444 g/mol. The van der Waals surface area contributed by atoms with E-state index >= 15 is 0 Å². The molecule has 0 fully saturated rings. The van der Waals surface area contributed by atoms with Gasteiger partial charge in [-0.1, -0.05) is 18.2 Å². The monoisotopic (exact) mass is 470 g/mol. The fourth-order valence-electron chi connectivity index (χ4n) is 4.10. The zero-order valence-electron chi connectivity index (χ0n) is 20.3. The third-order valence-corrected chi connectivity index (χ3v) is 6.25. The number of rotatable bonds is 6. The number of aromatic nitrogens is 4. The van der Waals surface area contributed by atoms with E-state index in [1.807, 2.05) is 37.3 Å². The number of fused-ring (bicyclic) bond motifs is 1. The lowest BCUT2D eigenvalue weighted by Gasteiger charge is -2.10. The molecule has 8 heteroatoms. The van der Waals surface area contributed by atoms with Crippen molar-refractivity contribution < 1.29 is 13.9 Å². The summed E-state index contributed by atoms with van der Waals surface area (Å²) in [7, 11) is 3.16. The molecule has 3 heterocycles. The molecule has 178 valence electrons. The molecule has 0 aliphatic rings. The first-order valence-electron chi connectivity index (χ1n) is 11.2. The number of aryl methyl sites for hydroxylation is 3. The summed E-state index contributed by atoms with van der Waals surface area (Å²) >= 11 is 0. The molecule has 0 aliphatic carbocycles. The van der Waals surface area contributed by atoms with Crippen molar-refractivity contribution in [1.29, 1.82) is 0 Å². The van der Waals surface area contributed by atoms with E-state index in [2.05, 4.69) is 36.1 Å². The van der Waals surface area contributed by atoms with Gasteiger partial charge in [0.1, 0.15) is 17.0 Å². The van der Waals surface area contributed by atoms with Gasteiger partial charge >= 0.3 is 0 Å². The van der Waals surface area contributed by atoms with Crippen molar-refractivity contribution in [2.45, 2.75) is 27.3 Å². The largest absolute Gasteiger partial charge is 0.493 e. The number of benzene rings is 2. The SMILES string of the molecule is COc1cccc(-c2nc(Cn3ccn4nc(-c5ccc(C)c(C)c5)cc4c3=O)c(C)o2)c1OC. The predicted octanol–water partition coefficient (Wildman–Crippen LogP) is 4.81. The van der Waals surface area contributed by atoms with Gasteiger partial charge in [-0.3, -0.25) is 4.79 Å². The smallest absolute Gasteiger partial charge is 0.276 e. The van der Waals surface area contributed by atoms with Crippen molar-refractivity contribution >= 4 is 5.52 Å². The molecule has 0 N–H and O–H groups in total. The minimum absolute atomic E-state index is 0.155. The predicted molar refractivity (Wildman–Crippen MR) is 133 cm³/mol. The van der Waals surface area contributed by atoms with Gasteiger partial charge in [0.15, 0.2) is 11.5 Å². The van der Waals surface area contributed by atoms with Crippen LogP contribution in [-0.2, 0) is 6.54 Å². The Morgan fingerprint density at radius 3 is 2.54 bits per heavy atom. The lowest BCUT2D eigenvalue weighted by atomic mass is 10.0. The molecule has 2 aromatic carbocycles. The van der Waals surface area contributed by atoms with Gasteiger partial charge in [-0.15, -0.1) is 0 Å². The molecule has 0 spiro atoms. The molecular formula is C27H26N4O4. The van der Waals surface area contributed by atoms with Crippen LogP contribution in [0.15, 0.2) is 64.1 Å². The van der Waals surface area contributed by atoms with Crippen molar-refractivity contribution in [2.75, 3.05) is 14.2 Å². The molecule has 35 heavy (non-hydrogen) atoms. The number of methoxy groups -OCH3 is 2. The molecule has 0 saturated carbocycles. The maximum absolute atomic E-state index is 13.3. The lowest BCUT2D eigenvalue weighted by Crippen LogP contribution is -2.22. The number of hydrogen-bond donors (Lipinski definition) is 0. The normalized spacial score (nSPS) is 11.2. The second-order valence-corrected chi connectivity index (χ2v) is 8.45. The van der Waals surface area contributed by atoms with Crippen molar-refractivity contribution in [3.05, 3.63) is 87.8 Å². The van der Waals surface area contributed by atoms with E-state index < -0.39 is 0 Å². The maximum atomic E-state index is 13.3. The maximum Gasteiger partial charge on any atom is 0.276 e. The highest BCUT2D eigenvalue weighted by atomic mass is 16.5. The molecule has 0 radical (unpaired) electrons. The molecule has 8 nitrogen and oxygen atoms in total. The number of para-hydroxylation sites is 1. The molecule has 0 atom stereocenters. The topological polar surface area (TPSA) is 83.8 Å². The summed E-state index contributed by atoms with van der Waals surface area (Å²) in [5, 5.41) is 4.60. The van der Waals surface area contributed by atoms with Crippen LogP contribution in [0.2, 0.25) is 0 Å². The Kier molecular flexibility index (Phi) is 5.64. The van der Waals surface area contributed by atoms with E-state index in [1.165, 1.54) is 11.1 Å². The van der Waals surface area contributed by atoms with Crippen molar-refractivity contribution in [2.24, 2.45) is 0 Å². The van der Waals surface area contributed by atoms with Gasteiger partial charge in [0.05, 0.1) is 32.0 Å². The standard InChI is InChI=1S/C27H26N4O4/c1-16-9-10-19(13-17(16)2)21-14-23-27(32)30(11-12-31(23)29-21)15-22-18(3)35-26(28-22)20-7-6-8-24(33-4)25(20)34-5/h6-14H,15H2,1-5H3. The van der Waals surface area contributed by atoms with E-state index in [4.69, 9.17) is 13.9 Å². The van der Waals surface area contributed by atoms with Crippen LogP contribution in [-0.4, -0.2) is 33.4 Å². The summed E-state index contributed by atoms with van der Waals surface area (Å²) in [5.74, 6) is 2.16. The fraction of sp³-hybridized carbons (Fsp3) is 0.222. The molecule has 3 aromatic heterocycles. The highest BCUT2D eigenvalue weighted by Crippen LogP contribution is 2.38. The molecule has 0 aliphatic heterocycles. The Hall–Kier alpha value is -4.33. The van der Waals surface area contributed by atoms with E-state index in [1.54, 1.807) is 35.7 Å². The first-order chi connectivity index (χ1) is 16.9. The van der Waals surface area contributed by atoms with Crippen LogP contribution >= 0.6 is 0 Å². The van der Waals surface area contributed by atoms with Gasteiger partial charge in [-0.05, 0) is 56.2 Å². The number of hydrogen-bond acceptors (Lipinski definition) is 6. The highest BCUT2D eigenvalue weighted by molar-refractivity contribution is 5.68. The molecule has 5 rings (SSSR count). The summed E-state index contributed by atoms with van der Waals surface area (Å²) in [4.78, 5) is 17.9. The van der Waals surface area contributed by atoms with E-state index in [-0.39, 0.29) is 12.1 Å². The zero-order valence-corrected chi connectivity index (χ0v) is 20.3. The molecule has 0 bridgehead atoms. The van der Waals surface area contributed by atoms with E-state index in [0.29, 0.717) is 39.9 Å². The van der Waals surface area contributed by atoms with E-state index in [9.17, 15) is 4.79 Å². The van der Waals surface area contributed by atoms with Crippen LogP contribution in [0.5, 0.6) is 11.5 Å². The van der Waals surface area contributed by atoms with Gasteiger partial charge < -0.3 is 18.5 Å². The Labute approximate surface area is 202 Å². The Balaban J connectivity index is 1.50. The van der Waals surface area contributed by atoms with Crippen molar-refractivity contribution in [3.63, 3.8) is 0 Å². The summed E-state index contributed by atoms with van der Waals surface area (Å²) in [6.45, 7) is 6.24. The van der Waals surface area contributed by atoms with Crippen LogP contribution < -0.4 is 15.0 Å². The first-order valence-corrected chi connectivity index (χ1v) is 11.2. The third kappa shape index (κ3) is 3.97. The van der Waals surface area contributed by atoms with Gasteiger partial charge in [-0.2, -0.15) is 5.10 Å². The summed E-state index contributed by atoms with van der Waals surface area (Å²) < 4.78 is 20.1. The van der Waals surface area contributed by atoms with Crippen molar-refractivity contribution in [1.82, 2.24) is 19.2 Å². The Morgan fingerprint density at radius 1 is 0.971 bits per heavy atom. The summed E-state index contributed by atoms with van der Waals surface area (Å²) in [6, 6.07) is 13.5. The number of nitrogens with zero attached hydrogens (tertiary/aromatic N) is 4. The molecule has 5 aromatic rings. The molecule has 0 unspecified atom stereocenters. The lowest BCUT2D eigenvalue weighted by molar-refractivity contribution is 0.355. The van der Waals surface area contributed by atoms with Crippen LogP contribution in [0, 0.1) is 20.8 Å². The molecule has 0 saturated heterocycles. The minimum atomic E-state index is -0.155. The quantitative estimate of drug-likeness (QED) is 0.354. The fourth-order valence-corrected chi connectivity index (χ4v) is 4.10. The van der Waals surface area contributed by atoms with Gasteiger partial charge in [0.25, 0.3) is 5.56 Å². The van der Waals surface area contributed by atoms with Gasteiger partial charge in [0.2, 0.25) is 5.89 Å². The zero-order chi connectivity index (χ0) is 24.7. The molecule has 0 amide bonds. The van der Waals surface area contributed by atoms with Crippen LogP contribution in [0.3, 0.4) is 0 Å². The van der Waals surface area contributed by atoms with E-state index in [0.717, 1.165) is 11.3 Å². The highest BCUT2D eigenvalue weighted by Gasteiger charge is 2.19. The van der Waals surface area contributed by atoms with Crippen LogP contribution in [0.25, 0.3) is 28.2 Å². The minimum Gasteiger partial charge on any atom is -0.493 e. The Bertz CT molecular complexity index is 1610. The number of ether oxygens (including phenoxy) is 2. The second kappa shape index (κ2) is 8.79. The summed E-state index contributed by atoms with van der Waals surface area (Å²) in [6.07, 6.45) is 3.50. The number of oxazole rings is 1. The summed E-state index contributed by atoms with van der Waals surface area (Å²) in [5.41, 5.74) is 5.81. The van der Waals surface area contributed by atoms with Gasteiger partial charge in [0, 0.05) is 18.0 Å². The van der Waals surface area contributed by atoms with Gasteiger partial charge in [-0.25, -0.2) is 9.50 Å². The third-order valence-electron chi connectivity index (χ3n) is 6.25. The second-order valence-electron chi connectivity index (χ2n) is 8.45. The Morgan fingerprint density at radius 2 is 1.80 bits per heavy atom. The first kappa shape index (κ1) is 22.5. The average molecular weight is 471 g/mol. The van der Waals surface area contributed by atoms with Crippen molar-refractivity contribution in [3.8, 4) is 34.2 Å².